The zero-order valence-electron chi connectivity index (χ0n) is 14.8. The predicted octanol–water partition coefficient (Wildman–Crippen LogP) is 2.57. The van der Waals surface area contributed by atoms with E-state index in [1.54, 1.807) is 20.8 Å². The summed E-state index contributed by atoms with van der Waals surface area (Å²) < 4.78 is 15.2. The van der Waals surface area contributed by atoms with Crippen LogP contribution in [-0.4, -0.2) is 38.2 Å². The minimum atomic E-state index is -1.05. The van der Waals surface area contributed by atoms with Crippen molar-refractivity contribution in [3.63, 3.8) is 0 Å². The van der Waals surface area contributed by atoms with Gasteiger partial charge in [-0.05, 0) is 25.0 Å². The maximum Gasteiger partial charge on any atom is 0.338 e. The van der Waals surface area contributed by atoms with Gasteiger partial charge in [-0.15, -0.1) is 0 Å². The van der Waals surface area contributed by atoms with Gasteiger partial charge in [0.15, 0.2) is 18.1 Å². The average molecular weight is 369 g/mol. The molecule has 0 fully saturated rings. The van der Waals surface area contributed by atoms with E-state index in [0.717, 1.165) is 0 Å². The Hall–Kier alpha value is -2.46. The minimum absolute atomic E-state index is 0.109. The Balaban J connectivity index is 2.80. The molecule has 0 saturated carbocycles. The van der Waals surface area contributed by atoms with Crippen LogP contribution in [0.5, 0.6) is 11.5 Å². The molecule has 1 atom stereocenters. The lowest BCUT2D eigenvalue weighted by Crippen LogP contribution is -2.50. The van der Waals surface area contributed by atoms with E-state index in [1.807, 2.05) is 6.07 Å². The van der Waals surface area contributed by atoms with Crippen LogP contribution in [-0.2, 0) is 9.53 Å². The highest BCUT2D eigenvalue weighted by Crippen LogP contribution is 2.36. The number of carbonyl (C=O) groups is 2. The number of rotatable bonds is 7. The number of nitrogens with zero attached hydrogens (tertiary/aromatic N) is 1. The summed E-state index contributed by atoms with van der Waals surface area (Å²) in [5.74, 6) is -0.871. The molecule has 0 unspecified atom stereocenters. The second kappa shape index (κ2) is 8.58. The first-order valence-electron chi connectivity index (χ1n) is 7.49. The summed E-state index contributed by atoms with van der Waals surface area (Å²) in [4.78, 5) is 24.1. The lowest BCUT2D eigenvalue weighted by atomic mass is 9.90. The van der Waals surface area contributed by atoms with Gasteiger partial charge in [0.05, 0.1) is 30.9 Å². The number of carbonyl (C=O) groups excluding carboxylic acids is 2. The third-order valence-corrected chi connectivity index (χ3v) is 4.07. The Kier molecular flexibility index (Phi) is 7.07. The van der Waals surface area contributed by atoms with Crippen molar-refractivity contribution in [3.05, 3.63) is 22.7 Å². The van der Waals surface area contributed by atoms with Gasteiger partial charge in [-0.25, -0.2) is 4.79 Å². The van der Waals surface area contributed by atoms with Gasteiger partial charge in [-0.2, -0.15) is 5.26 Å². The molecule has 0 aliphatic carbocycles. The molecule has 1 aromatic rings. The van der Waals surface area contributed by atoms with Crippen LogP contribution in [0.25, 0.3) is 0 Å². The molecule has 0 aromatic heterocycles. The summed E-state index contributed by atoms with van der Waals surface area (Å²) in [6.45, 7) is 4.70. The normalized spacial score (nSPS) is 12.7. The smallest absolute Gasteiger partial charge is 0.338 e. The van der Waals surface area contributed by atoms with E-state index in [1.165, 1.54) is 26.4 Å². The van der Waals surface area contributed by atoms with Crippen molar-refractivity contribution in [2.45, 2.75) is 26.3 Å². The van der Waals surface area contributed by atoms with Gasteiger partial charge in [0.2, 0.25) is 0 Å². The number of hydrogen-bond donors (Lipinski definition) is 1. The first-order chi connectivity index (χ1) is 11.7. The number of nitriles is 1. The van der Waals surface area contributed by atoms with Gasteiger partial charge in [0.25, 0.3) is 5.91 Å². The van der Waals surface area contributed by atoms with E-state index in [0.29, 0.717) is 5.75 Å². The van der Waals surface area contributed by atoms with Crippen molar-refractivity contribution in [2.75, 3.05) is 20.8 Å². The number of halogens is 1. The van der Waals surface area contributed by atoms with E-state index in [4.69, 9.17) is 25.8 Å². The number of esters is 1. The van der Waals surface area contributed by atoms with Crippen LogP contribution >= 0.6 is 11.6 Å². The monoisotopic (exact) mass is 368 g/mol. The third-order valence-electron chi connectivity index (χ3n) is 3.79. The Morgan fingerprint density at radius 1 is 1.32 bits per heavy atom. The Labute approximate surface area is 151 Å². The highest BCUT2D eigenvalue weighted by molar-refractivity contribution is 6.32. The first-order valence-corrected chi connectivity index (χ1v) is 7.87. The fraction of sp³-hybridized carbons (Fsp3) is 0.471. The van der Waals surface area contributed by atoms with Crippen molar-refractivity contribution in [1.82, 2.24) is 5.32 Å². The van der Waals surface area contributed by atoms with E-state index >= 15 is 0 Å². The minimum Gasteiger partial charge on any atom is -0.493 e. The zero-order chi connectivity index (χ0) is 19.2. The molecule has 25 heavy (non-hydrogen) atoms. The summed E-state index contributed by atoms with van der Waals surface area (Å²) in [5.41, 5.74) is -0.932. The van der Waals surface area contributed by atoms with E-state index < -0.39 is 24.0 Å². The molecule has 0 aliphatic rings. The molecular formula is C17H21ClN2O5. The number of nitrogens with one attached hydrogen (secondary N) is 1. The summed E-state index contributed by atoms with van der Waals surface area (Å²) in [6, 6.07) is 4.80. The molecule has 8 heteroatoms. The largest absolute Gasteiger partial charge is 0.493 e. The molecule has 1 aromatic carbocycles. The molecule has 0 heterocycles. The second-order valence-corrected chi connectivity index (χ2v) is 6.19. The molecule has 136 valence electrons. The molecule has 1 amide bonds. The maximum absolute atomic E-state index is 12.1. The molecule has 7 nitrogen and oxygen atoms in total. The fourth-order valence-electron chi connectivity index (χ4n) is 1.88. The van der Waals surface area contributed by atoms with Crippen molar-refractivity contribution in [3.8, 4) is 17.6 Å². The van der Waals surface area contributed by atoms with Crippen molar-refractivity contribution in [1.29, 1.82) is 5.26 Å². The summed E-state index contributed by atoms with van der Waals surface area (Å²) in [5, 5.41) is 11.9. The highest BCUT2D eigenvalue weighted by atomic mass is 35.5. The highest BCUT2D eigenvalue weighted by Gasteiger charge is 2.30. The number of ether oxygens (including phenoxy) is 3. The number of benzene rings is 1. The first kappa shape index (κ1) is 20.6. The van der Waals surface area contributed by atoms with Crippen LogP contribution in [0.2, 0.25) is 5.02 Å². The molecule has 1 rings (SSSR count). The molecule has 0 aliphatic heterocycles. The van der Waals surface area contributed by atoms with Gasteiger partial charge in [0, 0.05) is 0 Å². The predicted molar refractivity (Wildman–Crippen MR) is 91.8 cm³/mol. The maximum atomic E-state index is 12.1. The quantitative estimate of drug-likeness (QED) is 0.743. The van der Waals surface area contributed by atoms with Gasteiger partial charge in [-0.1, -0.05) is 25.4 Å². The van der Waals surface area contributed by atoms with Crippen molar-refractivity contribution < 1.29 is 23.8 Å². The summed E-state index contributed by atoms with van der Waals surface area (Å²) in [6.07, 6.45) is 0. The molecule has 1 N–H and O–H groups in total. The fourth-order valence-corrected chi connectivity index (χ4v) is 2.17. The van der Waals surface area contributed by atoms with Crippen molar-refractivity contribution in [2.24, 2.45) is 5.92 Å². The average Bonchev–Trinajstić information content (AvgIpc) is 2.58. The summed E-state index contributed by atoms with van der Waals surface area (Å²) in [7, 11) is 2.83. The standard InChI is InChI=1S/C17H21ClN2O5/c1-10(2)17(3,9-19)20-14(21)8-25-16(22)11-6-12(18)15(24-5)13(7-11)23-4/h6-7,10H,8H2,1-5H3,(H,20,21)/t17-/m1/s1. The zero-order valence-corrected chi connectivity index (χ0v) is 15.6. The van der Waals surface area contributed by atoms with E-state index in [9.17, 15) is 14.9 Å². The van der Waals surface area contributed by atoms with Crippen LogP contribution in [0.1, 0.15) is 31.1 Å². The van der Waals surface area contributed by atoms with Crippen LogP contribution in [0.3, 0.4) is 0 Å². The number of amides is 1. The van der Waals surface area contributed by atoms with Gasteiger partial charge in [0.1, 0.15) is 5.54 Å². The lowest BCUT2D eigenvalue weighted by molar-refractivity contribution is -0.125. The molecular weight excluding hydrogens is 348 g/mol. The summed E-state index contributed by atoms with van der Waals surface area (Å²) >= 11 is 6.03. The van der Waals surface area contributed by atoms with Crippen LogP contribution in [0.15, 0.2) is 12.1 Å². The van der Waals surface area contributed by atoms with Crippen LogP contribution in [0.4, 0.5) is 0 Å². The van der Waals surface area contributed by atoms with Crippen molar-refractivity contribution >= 4 is 23.5 Å². The van der Waals surface area contributed by atoms with Crippen LogP contribution in [0, 0.1) is 17.2 Å². The molecule has 0 saturated heterocycles. The van der Waals surface area contributed by atoms with Gasteiger partial charge >= 0.3 is 5.97 Å². The Morgan fingerprint density at radius 2 is 1.96 bits per heavy atom. The SMILES string of the molecule is COc1cc(C(=O)OCC(=O)N[C@](C)(C#N)C(C)C)cc(Cl)c1OC. The van der Waals surface area contributed by atoms with E-state index in [-0.39, 0.29) is 22.3 Å². The topological polar surface area (TPSA) is 97.6 Å². The number of hydrogen-bond acceptors (Lipinski definition) is 6. The van der Waals surface area contributed by atoms with Gasteiger partial charge in [-0.3, -0.25) is 4.79 Å². The van der Waals surface area contributed by atoms with Crippen LogP contribution < -0.4 is 14.8 Å². The van der Waals surface area contributed by atoms with E-state index in [2.05, 4.69) is 5.32 Å². The molecule has 0 radical (unpaired) electrons. The third kappa shape index (κ3) is 5.00. The second-order valence-electron chi connectivity index (χ2n) is 5.79. The Bertz CT molecular complexity index is 699. The number of methoxy groups -OCH3 is 2. The van der Waals surface area contributed by atoms with Gasteiger partial charge < -0.3 is 19.5 Å². The Morgan fingerprint density at radius 3 is 2.44 bits per heavy atom. The molecule has 0 spiro atoms. The lowest BCUT2D eigenvalue weighted by Gasteiger charge is -2.27. The molecule has 0 bridgehead atoms.